The maximum absolute atomic E-state index is 12.9. The number of halogens is 1. The number of amides is 1. The van der Waals surface area contributed by atoms with E-state index in [1.807, 2.05) is 23.2 Å². The predicted octanol–water partition coefficient (Wildman–Crippen LogP) is 4.04. The molecule has 1 amide bonds. The normalized spacial score (nSPS) is 18.7. The van der Waals surface area contributed by atoms with Crippen molar-refractivity contribution in [1.29, 1.82) is 0 Å². The number of fused-ring (bicyclic) bond motifs is 2. The molecular formula is C25H25ClN3O2+. The Morgan fingerprint density at radius 1 is 1.06 bits per heavy atom. The first-order valence-electron chi connectivity index (χ1n) is 10.8. The zero-order valence-electron chi connectivity index (χ0n) is 17.2. The molecule has 2 aromatic heterocycles. The number of rotatable bonds is 2. The summed E-state index contributed by atoms with van der Waals surface area (Å²) >= 11 is 6.32. The van der Waals surface area contributed by atoms with Gasteiger partial charge in [0.2, 0.25) is 12.4 Å². The van der Waals surface area contributed by atoms with Crippen LogP contribution in [0.1, 0.15) is 51.5 Å². The number of piperidine rings is 1. The fourth-order valence-electron chi connectivity index (χ4n) is 5.11. The lowest BCUT2D eigenvalue weighted by atomic mass is 9.76. The molecule has 1 N–H and O–H groups in total. The average molecular weight is 435 g/mol. The SMILES string of the molecule is O=C(c1cc[n+](O)cc1)N1CCC(C2c3ccc(Cl)cc3CCc3cccnc32)CC1. The van der Waals surface area contributed by atoms with Gasteiger partial charge in [-0.3, -0.25) is 15.0 Å². The van der Waals surface area contributed by atoms with Crippen LogP contribution in [-0.2, 0) is 12.8 Å². The number of carbonyl (C=O) groups excluding carboxylic acids is 1. The van der Waals surface area contributed by atoms with Crippen molar-refractivity contribution in [2.24, 2.45) is 5.92 Å². The van der Waals surface area contributed by atoms with Crippen LogP contribution < -0.4 is 4.73 Å². The number of aryl methyl sites for hydroxylation is 2. The van der Waals surface area contributed by atoms with E-state index in [-0.39, 0.29) is 11.8 Å². The Bertz CT molecular complexity index is 1110. The Hall–Kier alpha value is -2.92. The third-order valence-corrected chi connectivity index (χ3v) is 6.92. The third-order valence-electron chi connectivity index (χ3n) is 6.68. The molecule has 3 heterocycles. The van der Waals surface area contributed by atoms with Crippen LogP contribution in [-0.4, -0.2) is 34.1 Å². The van der Waals surface area contributed by atoms with Gasteiger partial charge < -0.3 is 4.90 Å². The van der Waals surface area contributed by atoms with Crippen LogP contribution in [0.25, 0.3) is 0 Å². The first-order chi connectivity index (χ1) is 15.1. The summed E-state index contributed by atoms with van der Waals surface area (Å²) in [5, 5.41) is 10.2. The Balaban J connectivity index is 1.41. The summed E-state index contributed by atoms with van der Waals surface area (Å²) in [6, 6.07) is 13.8. The molecular weight excluding hydrogens is 410 g/mol. The molecule has 6 heteroatoms. The highest BCUT2D eigenvalue weighted by Gasteiger charge is 2.35. The van der Waals surface area contributed by atoms with E-state index in [0.717, 1.165) is 48.5 Å². The van der Waals surface area contributed by atoms with Gasteiger partial charge in [0, 0.05) is 47.1 Å². The lowest BCUT2D eigenvalue weighted by Gasteiger charge is -2.36. The molecule has 1 fully saturated rings. The summed E-state index contributed by atoms with van der Waals surface area (Å²) in [7, 11) is 0. The summed E-state index contributed by atoms with van der Waals surface area (Å²) in [5.41, 5.74) is 5.76. The second-order valence-corrected chi connectivity index (χ2v) is 8.90. The van der Waals surface area contributed by atoms with E-state index in [9.17, 15) is 10.0 Å². The van der Waals surface area contributed by atoms with Gasteiger partial charge in [0.1, 0.15) is 0 Å². The summed E-state index contributed by atoms with van der Waals surface area (Å²) < 4.78 is 0.948. The molecule has 5 rings (SSSR count). The Kier molecular flexibility index (Phi) is 5.36. The highest BCUT2D eigenvalue weighted by atomic mass is 35.5. The highest BCUT2D eigenvalue weighted by Crippen LogP contribution is 2.42. The molecule has 0 spiro atoms. The molecule has 31 heavy (non-hydrogen) atoms. The number of aromatic nitrogens is 2. The van der Waals surface area contributed by atoms with Gasteiger partial charge in [0.05, 0.1) is 11.3 Å². The van der Waals surface area contributed by atoms with Crippen LogP contribution in [0.2, 0.25) is 5.02 Å². The van der Waals surface area contributed by atoms with Crippen LogP contribution in [0.5, 0.6) is 0 Å². The van der Waals surface area contributed by atoms with Crippen molar-refractivity contribution in [3.05, 3.63) is 94.0 Å². The maximum atomic E-state index is 12.9. The van der Waals surface area contributed by atoms with Gasteiger partial charge in [0.25, 0.3) is 5.91 Å². The maximum Gasteiger partial charge on any atom is 0.254 e. The number of pyridine rings is 2. The van der Waals surface area contributed by atoms with Crippen LogP contribution in [0.15, 0.2) is 61.1 Å². The fraction of sp³-hybridized carbons (Fsp3) is 0.320. The van der Waals surface area contributed by atoms with E-state index in [1.54, 1.807) is 12.1 Å². The van der Waals surface area contributed by atoms with Gasteiger partial charge in [0.15, 0.2) is 0 Å². The van der Waals surface area contributed by atoms with Gasteiger partial charge in [-0.15, -0.1) is 0 Å². The van der Waals surface area contributed by atoms with Gasteiger partial charge >= 0.3 is 0 Å². The van der Waals surface area contributed by atoms with Gasteiger partial charge in [-0.1, -0.05) is 23.7 Å². The first-order valence-corrected chi connectivity index (χ1v) is 11.2. The molecule has 1 saturated heterocycles. The number of hydrogen-bond donors (Lipinski definition) is 1. The molecule has 158 valence electrons. The molecule has 2 aliphatic rings. The van der Waals surface area contributed by atoms with Crippen LogP contribution in [0.4, 0.5) is 0 Å². The molecule has 5 nitrogen and oxygen atoms in total. The molecule has 0 radical (unpaired) electrons. The van der Waals surface area contributed by atoms with E-state index >= 15 is 0 Å². The summed E-state index contributed by atoms with van der Waals surface area (Å²) in [4.78, 5) is 19.6. The number of nitrogens with zero attached hydrogens (tertiary/aromatic N) is 3. The quantitative estimate of drug-likeness (QED) is 0.489. The van der Waals surface area contributed by atoms with Gasteiger partial charge in [-0.25, -0.2) is 0 Å². The minimum Gasteiger partial charge on any atom is -0.339 e. The summed E-state index contributed by atoms with van der Waals surface area (Å²) in [5.74, 6) is 0.671. The molecule has 3 aromatic rings. The van der Waals surface area contributed by atoms with Gasteiger partial charge in [-0.2, -0.15) is 0 Å². The number of benzene rings is 1. The van der Waals surface area contributed by atoms with Gasteiger partial charge in [-0.05, 0) is 66.5 Å². The molecule has 1 unspecified atom stereocenters. The Morgan fingerprint density at radius 2 is 1.81 bits per heavy atom. The van der Waals surface area contributed by atoms with Crippen LogP contribution >= 0.6 is 11.6 Å². The molecule has 1 aliphatic carbocycles. The number of carbonyl (C=O) groups is 1. The molecule has 1 atom stereocenters. The summed E-state index contributed by atoms with van der Waals surface area (Å²) in [6.45, 7) is 1.44. The zero-order valence-corrected chi connectivity index (χ0v) is 18.0. The van der Waals surface area contributed by atoms with E-state index < -0.39 is 0 Å². The highest BCUT2D eigenvalue weighted by molar-refractivity contribution is 6.30. The standard InChI is InChI=1S/C25H25ClN3O2/c26-21-5-6-22-20(16-21)4-3-18-2-1-11-27-24(18)23(22)17-7-12-28(13-8-17)25(30)19-9-14-29(31)15-10-19/h1-2,5-6,9-11,14-17,23,31H,3-4,7-8,12-13H2/q+1. The lowest BCUT2D eigenvalue weighted by molar-refractivity contribution is -0.904. The van der Waals surface area contributed by atoms with Crippen molar-refractivity contribution < 1.29 is 14.7 Å². The van der Waals surface area contributed by atoms with E-state index in [2.05, 4.69) is 18.2 Å². The smallest absolute Gasteiger partial charge is 0.254 e. The van der Waals surface area contributed by atoms with E-state index in [4.69, 9.17) is 16.6 Å². The van der Waals surface area contributed by atoms with Crippen molar-refractivity contribution in [2.75, 3.05) is 13.1 Å². The van der Waals surface area contributed by atoms with Crippen LogP contribution in [0.3, 0.4) is 0 Å². The molecule has 0 saturated carbocycles. The van der Waals surface area contributed by atoms with Crippen molar-refractivity contribution in [2.45, 2.75) is 31.6 Å². The third kappa shape index (κ3) is 3.90. The van der Waals surface area contributed by atoms with Crippen molar-refractivity contribution in [3.8, 4) is 0 Å². The topological polar surface area (TPSA) is 57.3 Å². The zero-order chi connectivity index (χ0) is 21.4. The number of hydrogen-bond acceptors (Lipinski definition) is 3. The average Bonchev–Trinajstić information content (AvgIpc) is 2.96. The van der Waals surface area contributed by atoms with Crippen molar-refractivity contribution in [3.63, 3.8) is 0 Å². The Labute approximate surface area is 186 Å². The van der Waals surface area contributed by atoms with E-state index in [0.29, 0.717) is 11.5 Å². The predicted molar refractivity (Wildman–Crippen MR) is 117 cm³/mol. The summed E-state index contributed by atoms with van der Waals surface area (Å²) in [6.07, 6.45) is 8.67. The second kappa shape index (κ2) is 8.31. The van der Waals surface area contributed by atoms with E-state index in [1.165, 1.54) is 34.8 Å². The van der Waals surface area contributed by atoms with Crippen molar-refractivity contribution in [1.82, 2.24) is 9.88 Å². The lowest BCUT2D eigenvalue weighted by Crippen LogP contribution is -2.40. The minimum absolute atomic E-state index is 0.0191. The van der Waals surface area contributed by atoms with Crippen molar-refractivity contribution >= 4 is 17.5 Å². The fourth-order valence-corrected chi connectivity index (χ4v) is 5.30. The number of likely N-dealkylation sites (tertiary alicyclic amines) is 1. The molecule has 0 bridgehead atoms. The Morgan fingerprint density at radius 3 is 2.58 bits per heavy atom. The molecule has 1 aliphatic heterocycles. The van der Waals surface area contributed by atoms with Crippen LogP contribution in [0, 0.1) is 5.92 Å². The largest absolute Gasteiger partial charge is 0.339 e. The minimum atomic E-state index is 0.0191. The second-order valence-electron chi connectivity index (χ2n) is 8.47. The first kappa shape index (κ1) is 20.0. The molecule has 1 aromatic carbocycles. The monoisotopic (exact) mass is 434 g/mol.